The number of anilines is 1. The number of carbonyl (C=O) groups excluding carboxylic acids is 1. The van der Waals surface area contributed by atoms with Crippen LogP contribution in [0.25, 0.3) is 10.6 Å². The molecule has 0 saturated carbocycles. The summed E-state index contributed by atoms with van der Waals surface area (Å²) < 4.78 is 19.0. The van der Waals surface area contributed by atoms with Gasteiger partial charge in [-0.15, -0.1) is 11.3 Å². The summed E-state index contributed by atoms with van der Waals surface area (Å²) in [5, 5.41) is 12.1. The Hall–Kier alpha value is -3.24. The van der Waals surface area contributed by atoms with Crippen molar-refractivity contribution in [3.63, 3.8) is 0 Å². The zero-order valence-corrected chi connectivity index (χ0v) is 13.9. The molecule has 3 rings (SSSR count). The van der Waals surface area contributed by atoms with Gasteiger partial charge in [0.25, 0.3) is 5.91 Å². The van der Waals surface area contributed by atoms with Gasteiger partial charge < -0.3 is 10.1 Å². The number of nitrogens with zero attached hydrogens (tertiary/aromatic N) is 2. The highest BCUT2D eigenvalue weighted by molar-refractivity contribution is 7.17. The number of methoxy groups -OCH3 is 1. The molecule has 0 fully saturated rings. The summed E-state index contributed by atoms with van der Waals surface area (Å²) >= 11 is 1.08. The fourth-order valence-electron chi connectivity index (χ4n) is 2.20. The summed E-state index contributed by atoms with van der Waals surface area (Å²) in [5.74, 6) is -0.369. The molecule has 7 heteroatoms. The van der Waals surface area contributed by atoms with Gasteiger partial charge >= 0.3 is 0 Å². The van der Waals surface area contributed by atoms with E-state index in [9.17, 15) is 9.18 Å². The number of thiazole rings is 1. The average molecular weight is 353 g/mol. The topological polar surface area (TPSA) is 75.0 Å². The Morgan fingerprint density at radius 1 is 1.32 bits per heavy atom. The Morgan fingerprint density at radius 2 is 2.12 bits per heavy atom. The number of ether oxygens (including phenoxy) is 1. The molecule has 1 heterocycles. The van der Waals surface area contributed by atoms with Crippen molar-refractivity contribution in [1.29, 1.82) is 5.26 Å². The van der Waals surface area contributed by atoms with Gasteiger partial charge in [0, 0.05) is 5.56 Å². The van der Waals surface area contributed by atoms with E-state index in [0.29, 0.717) is 32.4 Å². The van der Waals surface area contributed by atoms with Crippen LogP contribution in [0, 0.1) is 17.1 Å². The normalized spacial score (nSPS) is 10.1. The van der Waals surface area contributed by atoms with Crippen molar-refractivity contribution in [2.75, 3.05) is 12.4 Å². The molecule has 0 spiro atoms. The molecule has 2 aromatic carbocycles. The lowest BCUT2D eigenvalue weighted by molar-refractivity contribution is 0.103. The molecule has 124 valence electrons. The minimum absolute atomic E-state index is 0.322. The van der Waals surface area contributed by atoms with E-state index in [1.165, 1.54) is 25.4 Å². The molecular weight excluding hydrogens is 341 g/mol. The zero-order valence-electron chi connectivity index (χ0n) is 13.1. The molecule has 25 heavy (non-hydrogen) atoms. The Kier molecular flexibility index (Phi) is 4.73. The Balaban J connectivity index is 1.86. The van der Waals surface area contributed by atoms with Crippen LogP contribution in [0.3, 0.4) is 0 Å². The summed E-state index contributed by atoms with van der Waals surface area (Å²) in [6.45, 7) is 0. The molecule has 1 N–H and O–H groups in total. The van der Waals surface area contributed by atoms with Crippen molar-refractivity contribution < 1.29 is 13.9 Å². The largest absolute Gasteiger partial charge is 0.495 e. The standard InChI is InChI=1S/C18H12FN3O2S/c1-24-15-7-6-11(9-20)8-14(15)22-17(23)16-10-21-18(25-16)12-4-2-3-5-13(12)19/h2-8,10H,1H3,(H,22,23). The van der Waals surface area contributed by atoms with Gasteiger partial charge in [-0.1, -0.05) is 12.1 Å². The highest BCUT2D eigenvalue weighted by Gasteiger charge is 2.16. The number of carbonyl (C=O) groups is 1. The van der Waals surface area contributed by atoms with Crippen molar-refractivity contribution in [2.24, 2.45) is 0 Å². The van der Waals surface area contributed by atoms with E-state index in [-0.39, 0.29) is 0 Å². The third-order valence-corrected chi connectivity index (χ3v) is 4.44. The molecule has 0 atom stereocenters. The summed E-state index contributed by atoms with van der Waals surface area (Å²) in [6.07, 6.45) is 1.39. The lowest BCUT2D eigenvalue weighted by Gasteiger charge is -2.09. The van der Waals surface area contributed by atoms with Crippen LogP contribution in [0.5, 0.6) is 5.75 Å². The molecule has 0 bridgehead atoms. The second kappa shape index (κ2) is 7.11. The first kappa shape index (κ1) is 16.6. The molecule has 5 nitrogen and oxygen atoms in total. The summed E-state index contributed by atoms with van der Waals surface area (Å²) in [4.78, 5) is 16.9. The molecule has 3 aromatic rings. The third kappa shape index (κ3) is 3.49. The monoisotopic (exact) mass is 353 g/mol. The molecule has 0 aliphatic rings. The molecule has 0 unspecified atom stereocenters. The highest BCUT2D eigenvalue weighted by Crippen LogP contribution is 2.29. The van der Waals surface area contributed by atoms with Crippen molar-refractivity contribution >= 4 is 22.9 Å². The maximum Gasteiger partial charge on any atom is 0.267 e. The van der Waals surface area contributed by atoms with Gasteiger partial charge in [-0.3, -0.25) is 4.79 Å². The molecule has 1 amide bonds. The molecule has 0 radical (unpaired) electrons. The molecule has 0 aliphatic carbocycles. The van der Waals surface area contributed by atoms with Crippen LogP contribution in [0.1, 0.15) is 15.2 Å². The van der Waals surface area contributed by atoms with E-state index in [1.807, 2.05) is 6.07 Å². The third-order valence-electron chi connectivity index (χ3n) is 3.41. The summed E-state index contributed by atoms with van der Waals surface area (Å²) in [6, 6.07) is 13.0. The predicted octanol–water partition coefficient (Wildman–Crippen LogP) is 4.08. The fraction of sp³-hybridized carbons (Fsp3) is 0.0556. The first-order valence-electron chi connectivity index (χ1n) is 7.22. The molecule has 0 saturated heterocycles. The van der Waals surface area contributed by atoms with Crippen molar-refractivity contribution in [2.45, 2.75) is 0 Å². The number of halogens is 1. The van der Waals surface area contributed by atoms with Gasteiger partial charge in [0.2, 0.25) is 0 Å². The number of benzene rings is 2. The first-order valence-corrected chi connectivity index (χ1v) is 8.04. The minimum atomic E-state index is -0.409. The van der Waals surface area contributed by atoms with E-state index in [2.05, 4.69) is 10.3 Å². The Morgan fingerprint density at radius 3 is 2.84 bits per heavy atom. The number of hydrogen-bond donors (Lipinski definition) is 1. The average Bonchev–Trinajstić information content (AvgIpc) is 3.12. The van der Waals surface area contributed by atoms with Crippen LogP contribution < -0.4 is 10.1 Å². The molecular formula is C18H12FN3O2S. The maximum absolute atomic E-state index is 13.8. The van der Waals surface area contributed by atoms with Gasteiger partial charge in [0.05, 0.1) is 30.6 Å². The van der Waals surface area contributed by atoms with Gasteiger partial charge in [-0.25, -0.2) is 9.37 Å². The summed E-state index contributed by atoms with van der Waals surface area (Å²) in [7, 11) is 1.47. The van der Waals surface area contributed by atoms with E-state index in [4.69, 9.17) is 10.00 Å². The number of hydrogen-bond acceptors (Lipinski definition) is 5. The van der Waals surface area contributed by atoms with Crippen LogP contribution in [-0.4, -0.2) is 18.0 Å². The summed E-state index contributed by atoms with van der Waals surface area (Å²) in [5.41, 5.74) is 1.12. The van der Waals surface area contributed by atoms with Gasteiger partial charge in [-0.05, 0) is 30.3 Å². The fourth-order valence-corrected chi connectivity index (χ4v) is 3.04. The quantitative estimate of drug-likeness (QED) is 0.767. The van der Waals surface area contributed by atoms with Gasteiger partial charge in [0.1, 0.15) is 21.5 Å². The number of nitrogens with one attached hydrogen (secondary N) is 1. The molecule has 0 aliphatic heterocycles. The minimum Gasteiger partial charge on any atom is -0.495 e. The second-order valence-electron chi connectivity index (χ2n) is 4.99. The van der Waals surface area contributed by atoms with Crippen molar-refractivity contribution in [3.8, 4) is 22.4 Å². The van der Waals surface area contributed by atoms with E-state index in [1.54, 1.807) is 30.3 Å². The van der Waals surface area contributed by atoms with Crippen LogP contribution in [0.2, 0.25) is 0 Å². The van der Waals surface area contributed by atoms with Crippen LogP contribution in [0.4, 0.5) is 10.1 Å². The first-order chi connectivity index (χ1) is 12.1. The van der Waals surface area contributed by atoms with E-state index < -0.39 is 11.7 Å². The SMILES string of the molecule is COc1ccc(C#N)cc1NC(=O)c1cnc(-c2ccccc2F)s1. The van der Waals surface area contributed by atoms with E-state index >= 15 is 0 Å². The maximum atomic E-state index is 13.8. The van der Waals surface area contributed by atoms with E-state index in [0.717, 1.165) is 11.3 Å². The van der Waals surface area contributed by atoms with Crippen LogP contribution in [0.15, 0.2) is 48.7 Å². The van der Waals surface area contributed by atoms with Crippen LogP contribution in [-0.2, 0) is 0 Å². The van der Waals surface area contributed by atoms with Crippen molar-refractivity contribution in [1.82, 2.24) is 4.98 Å². The molecule has 1 aromatic heterocycles. The number of amides is 1. The van der Waals surface area contributed by atoms with Crippen LogP contribution >= 0.6 is 11.3 Å². The smallest absolute Gasteiger partial charge is 0.267 e. The number of nitriles is 1. The lowest BCUT2D eigenvalue weighted by Crippen LogP contribution is -2.11. The lowest BCUT2D eigenvalue weighted by atomic mass is 10.2. The predicted molar refractivity (Wildman–Crippen MR) is 93.2 cm³/mol. The highest BCUT2D eigenvalue weighted by atomic mass is 32.1. The zero-order chi connectivity index (χ0) is 17.8. The Bertz CT molecular complexity index is 978. The Labute approximate surface area is 147 Å². The van der Waals surface area contributed by atoms with Gasteiger partial charge in [0.15, 0.2) is 0 Å². The van der Waals surface area contributed by atoms with Gasteiger partial charge in [-0.2, -0.15) is 5.26 Å². The number of rotatable bonds is 4. The second-order valence-corrected chi connectivity index (χ2v) is 6.02. The number of aromatic nitrogens is 1. The van der Waals surface area contributed by atoms with Crippen molar-refractivity contribution in [3.05, 3.63) is 64.9 Å².